The molecule has 1 atom stereocenters. The van der Waals surface area contributed by atoms with Crippen LogP contribution in [0.2, 0.25) is 10.0 Å². The fourth-order valence-electron chi connectivity index (χ4n) is 2.60. The van der Waals surface area contributed by atoms with E-state index in [9.17, 15) is 9.59 Å². The number of halogens is 2. The van der Waals surface area contributed by atoms with Gasteiger partial charge < -0.3 is 15.4 Å². The van der Waals surface area contributed by atoms with Crippen LogP contribution in [0.15, 0.2) is 29.5 Å². The summed E-state index contributed by atoms with van der Waals surface area (Å²) >= 11 is 17.9. The summed E-state index contributed by atoms with van der Waals surface area (Å²) < 4.78 is 4.88. The van der Waals surface area contributed by atoms with Crippen LogP contribution in [0.25, 0.3) is 0 Å². The third-order valence-electron chi connectivity index (χ3n) is 3.67. The second-order valence-electron chi connectivity index (χ2n) is 5.70. The number of rotatable bonds is 5. The number of carbonyl (C=O) groups is 2. The molecule has 0 aliphatic carbocycles. The third-order valence-corrected chi connectivity index (χ3v) is 4.55. The van der Waals surface area contributed by atoms with Crippen LogP contribution >= 0.6 is 35.4 Å². The monoisotopic (exact) mass is 400 g/mol. The van der Waals surface area contributed by atoms with Gasteiger partial charge in [0.2, 0.25) is 0 Å². The minimum atomic E-state index is -0.930. The Hall–Kier alpha value is -1.63. The zero-order valence-corrected chi connectivity index (χ0v) is 16.3. The summed E-state index contributed by atoms with van der Waals surface area (Å²) in [5.74, 6) is -1.77. The smallest absolute Gasteiger partial charge is 0.379 e. The van der Waals surface area contributed by atoms with E-state index in [-0.39, 0.29) is 18.1 Å². The highest BCUT2D eigenvalue weighted by Crippen LogP contribution is 2.38. The first-order valence-electron chi connectivity index (χ1n) is 7.74. The molecule has 1 aromatic rings. The van der Waals surface area contributed by atoms with Gasteiger partial charge in [-0.3, -0.25) is 4.79 Å². The molecule has 1 heterocycles. The molecule has 1 aromatic carbocycles. The second kappa shape index (κ2) is 8.17. The van der Waals surface area contributed by atoms with Crippen LogP contribution < -0.4 is 10.6 Å². The molecule has 0 bridgehead atoms. The number of allylic oxidation sites excluding steroid dienone is 1. The maximum Gasteiger partial charge on any atom is 0.379 e. The molecular formula is C17H18Cl2N2O3S. The number of nitrogens with one attached hydrogen (secondary N) is 2. The summed E-state index contributed by atoms with van der Waals surface area (Å²) in [5.41, 5.74) is 1.24. The highest BCUT2D eigenvalue weighted by molar-refractivity contribution is 7.80. The van der Waals surface area contributed by atoms with Gasteiger partial charge in [-0.2, -0.15) is 0 Å². The Kier molecular flexibility index (Phi) is 6.43. The van der Waals surface area contributed by atoms with E-state index in [4.69, 9.17) is 40.2 Å². The Morgan fingerprint density at radius 1 is 1.28 bits per heavy atom. The number of esters is 1. The number of hydrogen-bond donors (Lipinski definition) is 2. The molecule has 2 rings (SSSR count). The lowest BCUT2D eigenvalue weighted by atomic mass is 9.89. The zero-order valence-electron chi connectivity index (χ0n) is 14.0. The predicted molar refractivity (Wildman–Crippen MR) is 102 cm³/mol. The molecule has 8 heteroatoms. The van der Waals surface area contributed by atoms with Crippen molar-refractivity contribution in [1.82, 2.24) is 10.6 Å². The molecule has 134 valence electrons. The highest BCUT2D eigenvalue weighted by Gasteiger charge is 2.37. The molecule has 0 radical (unpaired) electrons. The summed E-state index contributed by atoms with van der Waals surface area (Å²) in [6, 6.07) is 4.28. The van der Waals surface area contributed by atoms with Gasteiger partial charge in [0, 0.05) is 21.3 Å². The van der Waals surface area contributed by atoms with Crippen LogP contribution in [-0.2, 0) is 14.3 Å². The second-order valence-corrected chi connectivity index (χ2v) is 6.92. The summed E-state index contributed by atoms with van der Waals surface area (Å²) in [7, 11) is 0. The zero-order chi connectivity index (χ0) is 18.7. The molecule has 25 heavy (non-hydrogen) atoms. The van der Waals surface area contributed by atoms with Gasteiger partial charge in [0.1, 0.15) is 0 Å². The van der Waals surface area contributed by atoms with Gasteiger partial charge in [0.25, 0.3) is 5.78 Å². The van der Waals surface area contributed by atoms with Crippen molar-refractivity contribution in [2.75, 3.05) is 6.61 Å². The maximum absolute atomic E-state index is 12.8. The maximum atomic E-state index is 12.8. The summed E-state index contributed by atoms with van der Waals surface area (Å²) in [4.78, 5) is 24.9. The first-order chi connectivity index (χ1) is 11.8. The molecule has 1 aliphatic rings. The van der Waals surface area contributed by atoms with Crippen molar-refractivity contribution in [2.45, 2.75) is 26.8 Å². The van der Waals surface area contributed by atoms with Crippen LogP contribution in [0.1, 0.15) is 32.4 Å². The largest absolute Gasteiger partial charge is 0.460 e. The molecule has 0 saturated heterocycles. The van der Waals surface area contributed by atoms with E-state index in [1.165, 1.54) is 0 Å². The molecule has 0 aromatic heterocycles. The Bertz CT molecular complexity index is 742. The fourth-order valence-corrected chi connectivity index (χ4v) is 3.45. The van der Waals surface area contributed by atoms with E-state index in [1.807, 2.05) is 13.8 Å². The van der Waals surface area contributed by atoms with E-state index in [1.54, 1.807) is 25.1 Å². The van der Waals surface area contributed by atoms with Crippen LogP contribution in [0.5, 0.6) is 0 Å². The first-order valence-corrected chi connectivity index (χ1v) is 8.91. The molecule has 5 nitrogen and oxygen atoms in total. The topological polar surface area (TPSA) is 67.4 Å². The molecular weight excluding hydrogens is 383 g/mol. The number of carbonyl (C=O) groups excluding carboxylic acids is 2. The number of thiocarbonyl (C=S) groups is 1. The van der Waals surface area contributed by atoms with E-state index < -0.39 is 17.8 Å². The van der Waals surface area contributed by atoms with E-state index >= 15 is 0 Å². The Morgan fingerprint density at radius 3 is 2.40 bits per heavy atom. The summed E-state index contributed by atoms with van der Waals surface area (Å²) in [6.07, 6.45) is 0. The van der Waals surface area contributed by atoms with Gasteiger partial charge in [0.15, 0.2) is 5.11 Å². The lowest BCUT2D eigenvalue weighted by Crippen LogP contribution is -2.47. The molecule has 0 spiro atoms. The number of benzene rings is 1. The van der Waals surface area contributed by atoms with Crippen molar-refractivity contribution in [3.63, 3.8) is 0 Å². The quantitative estimate of drug-likeness (QED) is 0.447. The third kappa shape index (κ3) is 4.14. The Morgan fingerprint density at radius 2 is 1.88 bits per heavy atom. The molecule has 1 aliphatic heterocycles. The molecule has 0 unspecified atom stereocenters. The van der Waals surface area contributed by atoms with Crippen molar-refractivity contribution >= 4 is 52.3 Å². The minimum Gasteiger partial charge on any atom is -0.460 e. The first kappa shape index (κ1) is 19.7. The van der Waals surface area contributed by atoms with E-state index in [0.717, 1.165) is 0 Å². The van der Waals surface area contributed by atoms with Crippen molar-refractivity contribution in [3.05, 3.63) is 45.1 Å². The lowest BCUT2D eigenvalue weighted by molar-refractivity contribution is -0.152. The Labute approximate surface area is 161 Å². The van der Waals surface area contributed by atoms with Gasteiger partial charge in [-0.25, -0.2) is 4.79 Å². The van der Waals surface area contributed by atoms with Crippen LogP contribution in [-0.4, -0.2) is 23.5 Å². The minimum absolute atomic E-state index is 0.0859. The standard InChI is InChI=1S/C17H18Cl2N2O3S/c1-4-24-16(23)15(22)12-13(8(2)3)20-17(25)21-14(12)11-9(18)6-5-7-10(11)19/h5-8,14H,4H2,1-3H3,(H2,20,21,25)/t14-/m0/s1. The van der Waals surface area contributed by atoms with Gasteiger partial charge >= 0.3 is 5.97 Å². The molecule has 2 N–H and O–H groups in total. The predicted octanol–water partition coefficient (Wildman–Crippen LogP) is 3.55. The number of hydrogen-bond acceptors (Lipinski definition) is 4. The van der Waals surface area contributed by atoms with Crippen LogP contribution in [0.4, 0.5) is 0 Å². The molecule has 0 fully saturated rings. The van der Waals surface area contributed by atoms with Crippen LogP contribution in [0.3, 0.4) is 0 Å². The van der Waals surface area contributed by atoms with Crippen molar-refractivity contribution in [2.24, 2.45) is 5.92 Å². The van der Waals surface area contributed by atoms with E-state index in [2.05, 4.69) is 10.6 Å². The number of ketones is 1. The van der Waals surface area contributed by atoms with Crippen LogP contribution in [0, 0.1) is 5.92 Å². The average Bonchev–Trinajstić information content (AvgIpc) is 2.53. The van der Waals surface area contributed by atoms with Crippen molar-refractivity contribution in [1.29, 1.82) is 0 Å². The molecule has 0 amide bonds. The highest BCUT2D eigenvalue weighted by atomic mass is 35.5. The summed E-state index contributed by atoms with van der Waals surface area (Å²) in [6.45, 7) is 5.52. The SMILES string of the molecule is CCOC(=O)C(=O)C1=C(C(C)C)NC(=S)N[C@H]1c1c(Cl)cccc1Cl. The van der Waals surface area contributed by atoms with E-state index in [0.29, 0.717) is 26.4 Å². The molecule has 0 saturated carbocycles. The average molecular weight is 401 g/mol. The normalized spacial score (nSPS) is 17.2. The van der Waals surface area contributed by atoms with Gasteiger partial charge in [0.05, 0.1) is 18.2 Å². The van der Waals surface area contributed by atoms with Crippen molar-refractivity contribution in [3.8, 4) is 0 Å². The van der Waals surface area contributed by atoms with Crippen molar-refractivity contribution < 1.29 is 14.3 Å². The van der Waals surface area contributed by atoms with Gasteiger partial charge in [-0.1, -0.05) is 43.1 Å². The number of Topliss-reactive ketones (excluding diaryl/α,β-unsaturated/α-hetero) is 1. The number of ether oxygens (including phenoxy) is 1. The lowest BCUT2D eigenvalue weighted by Gasteiger charge is -2.33. The fraction of sp³-hybridized carbons (Fsp3) is 0.353. The van der Waals surface area contributed by atoms with Gasteiger partial charge in [-0.05, 0) is 37.2 Å². The summed E-state index contributed by atoms with van der Waals surface area (Å²) in [5, 5.41) is 7.02. The Balaban J connectivity index is 2.67. The van der Waals surface area contributed by atoms with Gasteiger partial charge in [-0.15, -0.1) is 0 Å².